The van der Waals surface area contributed by atoms with Crippen molar-refractivity contribution in [2.75, 3.05) is 25.5 Å². The van der Waals surface area contributed by atoms with E-state index >= 15 is 0 Å². The first kappa shape index (κ1) is 25.1. The molecule has 2 aromatic carbocycles. The molecule has 5 aromatic rings. The monoisotopic (exact) mass is 539 g/mol. The normalized spacial score (nSPS) is 16.1. The summed E-state index contributed by atoms with van der Waals surface area (Å²) in [6.45, 7) is 0.895. The number of benzene rings is 2. The lowest BCUT2D eigenvalue weighted by Gasteiger charge is -2.25. The standard InChI is InChI=1S/C29H29N7O2S/c1-34(2)28-15-5-11-23-22(28)10-6-16-29(23)39(37,38)36-18-8-9-21(36)19-35-20-27(32-33-35)26-14-7-13-25(31-26)24-12-3-4-17-30-24/h3-7,10-17,20-21H,8-9,18-19H2,1-2H3. The first-order valence-electron chi connectivity index (χ1n) is 12.9. The van der Waals surface area contributed by atoms with Crippen LogP contribution in [0.2, 0.25) is 0 Å². The molecule has 0 aliphatic carbocycles. The fraction of sp³-hybridized carbons (Fsp3) is 0.241. The van der Waals surface area contributed by atoms with E-state index in [4.69, 9.17) is 4.98 Å². The summed E-state index contributed by atoms with van der Waals surface area (Å²) in [7, 11) is 0.198. The van der Waals surface area contributed by atoms with E-state index < -0.39 is 10.0 Å². The van der Waals surface area contributed by atoms with E-state index in [1.54, 1.807) is 21.3 Å². The van der Waals surface area contributed by atoms with Crippen LogP contribution in [0, 0.1) is 0 Å². The Morgan fingerprint density at radius 1 is 0.872 bits per heavy atom. The average Bonchev–Trinajstić information content (AvgIpc) is 3.63. The molecule has 1 unspecified atom stereocenters. The van der Waals surface area contributed by atoms with E-state index in [9.17, 15) is 8.42 Å². The van der Waals surface area contributed by atoms with Crippen LogP contribution in [0.3, 0.4) is 0 Å². The molecule has 0 radical (unpaired) electrons. The smallest absolute Gasteiger partial charge is 0.244 e. The van der Waals surface area contributed by atoms with Crippen molar-refractivity contribution in [3.63, 3.8) is 0 Å². The fourth-order valence-corrected chi connectivity index (χ4v) is 7.16. The van der Waals surface area contributed by atoms with E-state index in [2.05, 4.69) is 15.3 Å². The minimum atomic E-state index is -3.72. The highest BCUT2D eigenvalue weighted by molar-refractivity contribution is 7.89. The van der Waals surface area contributed by atoms with Crippen molar-refractivity contribution < 1.29 is 8.42 Å². The van der Waals surface area contributed by atoms with Crippen LogP contribution in [0.5, 0.6) is 0 Å². The molecule has 0 bridgehead atoms. The van der Waals surface area contributed by atoms with Crippen molar-refractivity contribution in [1.29, 1.82) is 0 Å². The summed E-state index contributed by atoms with van der Waals surface area (Å²) < 4.78 is 31.3. The topological polar surface area (TPSA) is 97.1 Å². The minimum absolute atomic E-state index is 0.218. The summed E-state index contributed by atoms with van der Waals surface area (Å²) in [5, 5.41) is 10.3. The average molecular weight is 540 g/mol. The van der Waals surface area contributed by atoms with Crippen LogP contribution in [-0.2, 0) is 16.6 Å². The van der Waals surface area contributed by atoms with Gasteiger partial charge in [0.25, 0.3) is 0 Å². The second kappa shape index (κ2) is 10.2. The minimum Gasteiger partial charge on any atom is -0.377 e. The number of hydrogen-bond donors (Lipinski definition) is 0. The molecule has 39 heavy (non-hydrogen) atoms. The van der Waals surface area contributed by atoms with Crippen molar-refractivity contribution >= 4 is 26.5 Å². The van der Waals surface area contributed by atoms with Crippen molar-refractivity contribution in [1.82, 2.24) is 29.3 Å². The zero-order valence-corrected chi connectivity index (χ0v) is 22.7. The SMILES string of the molecule is CN(C)c1cccc2c(S(=O)(=O)N3CCCC3Cn3cc(-c4cccc(-c5ccccn5)n4)nn3)cccc12. The maximum Gasteiger partial charge on any atom is 0.244 e. The summed E-state index contributed by atoms with van der Waals surface area (Å²) in [5.41, 5.74) is 3.84. The van der Waals surface area contributed by atoms with E-state index in [0.717, 1.165) is 40.7 Å². The summed E-state index contributed by atoms with van der Waals surface area (Å²) in [6.07, 6.45) is 5.12. The molecular formula is C29H29N7O2S. The van der Waals surface area contributed by atoms with Gasteiger partial charge in [-0.25, -0.2) is 13.4 Å². The van der Waals surface area contributed by atoms with Crippen LogP contribution in [0.15, 0.2) is 90.1 Å². The second-order valence-corrected chi connectivity index (χ2v) is 11.7. The fourth-order valence-electron chi connectivity index (χ4n) is 5.27. The van der Waals surface area contributed by atoms with Crippen LogP contribution in [0.4, 0.5) is 5.69 Å². The van der Waals surface area contributed by atoms with Crippen molar-refractivity contribution in [2.24, 2.45) is 0 Å². The van der Waals surface area contributed by atoms with E-state index in [0.29, 0.717) is 29.4 Å². The molecule has 198 valence electrons. The van der Waals surface area contributed by atoms with Gasteiger partial charge in [0.15, 0.2) is 0 Å². The van der Waals surface area contributed by atoms with Gasteiger partial charge in [0.1, 0.15) is 5.69 Å². The van der Waals surface area contributed by atoms with Crippen LogP contribution in [0.1, 0.15) is 12.8 Å². The van der Waals surface area contributed by atoms with Crippen molar-refractivity contribution in [3.8, 4) is 22.8 Å². The Bertz CT molecular complexity index is 1740. The summed E-state index contributed by atoms with van der Waals surface area (Å²) in [5.74, 6) is 0. The van der Waals surface area contributed by atoms with Gasteiger partial charge in [-0.2, -0.15) is 4.31 Å². The van der Waals surface area contributed by atoms with Gasteiger partial charge in [-0.05, 0) is 49.2 Å². The number of sulfonamides is 1. The Balaban J connectivity index is 1.26. The molecule has 0 spiro atoms. The molecule has 1 saturated heterocycles. The summed E-state index contributed by atoms with van der Waals surface area (Å²) in [4.78, 5) is 11.4. The third-order valence-corrected chi connectivity index (χ3v) is 9.14. The molecular weight excluding hydrogens is 510 g/mol. The van der Waals surface area contributed by atoms with Crippen LogP contribution in [-0.4, -0.2) is 64.4 Å². The maximum absolute atomic E-state index is 14.0. The lowest BCUT2D eigenvalue weighted by Crippen LogP contribution is -2.38. The van der Waals surface area contributed by atoms with Gasteiger partial charge in [0.05, 0.1) is 34.7 Å². The maximum atomic E-state index is 14.0. The van der Waals surface area contributed by atoms with Gasteiger partial charge in [0.2, 0.25) is 10.0 Å². The van der Waals surface area contributed by atoms with Crippen LogP contribution >= 0.6 is 0 Å². The predicted octanol–water partition coefficient (Wildman–Crippen LogP) is 4.47. The van der Waals surface area contributed by atoms with Gasteiger partial charge in [0, 0.05) is 49.3 Å². The first-order chi connectivity index (χ1) is 18.9. The van der Waals surface area contributed by atoms with Gasteiger partial charge >= 0.3 is 0 Å². The van der Waals surface area contributed by atoms with Gasteiger partial charge in [-0.3, -0.25) is 9.67 Å². The summed E-state index contributed by atoms with van der Waals surface area (Å²) in [6, 6.07) is 22.5. The Morgan fingerprint density at radius 2 is 1.62 bits per heavy atom. The van der Waals surface area contributed by atoms with E-state index in [-0.39, 0.29) is 6.04 Å². The number of rotatable bonds is 7. The van der Waals surface area contributed by atoms with Crippen LogP contribution < -0.4 is 4.90 Å². The zero-order chi connectivity index (χ0) is 27.0. The Morgan fingerprint density at radius 3 is 2.41 bits per heavy atom. The highest BCUT2D eigenvalue weighted by Gasteiger charge is 2.36. The lowest BCUT2D eigenvalue weighted by molar-refractivity contribution is 0.338. The van der Waals surface area contributed by atoms with Gasteiger partial charge in [-0.15, -0.1) is 5.10 Å². The van der Waals surface area contributed by atoms with E-state index in [1.165, 1.54) is 0 Å². The van der Waals surface area contributed by atoms with Crippen LogP contribution in [0.25, 0.3) is 33.5 Å². The molecule has 0 amide bonds. The molecule has 0 N–H and O–H groups in total. The largest absolute Gasteiger partial charge is 0.377 e. The molecule has 6 rings (SSSR count). The quantitative estimate of drug-likeness (QED) is 0.301. The lowest BCUT2D eigenvalue weighted by atomic mass is 10.1. The highest BCUT2D eigenvalue weighted by atomic mass is 32.2. The molecule has 1 aliphatic rings. The van der Waals surface area contributed by atoms with E-state index in [1.807, 2.05) is 91.9 Å². The van der Waals surface area contributed by atoms with Crippen molar-refractivity contribution in [2.45, 2.75) is 30.3 Å². The number of fused-ring (bicyclic) bond motifs is 1. The number of hydrogen-bond acceptors (Lipinski definition) is 7. The summed E-state index contributed by atoms with van der Waals surface area (Å²) >= 11 is 0. The highest BCUT2D eigenvalue weighted by Crippen LogP contribution is 2.34. The Labute approximate surface area is 227 Å². The molecule has 1 aliphatic heterocycles. The Hall–Kier alpha value is -4.15. The molecule has 10 heteroatoms. The molecule has 3 aromatic heterocycles. The zero-order valence-electron chi connectivity index (χ0n) is 21.8. The molecule has 1 atom stereocenters. The third kappa shape index (κ3) is 4.77. The number of aromatic nitrogens is 5. The number of anilines is 1. The molecule has 1 fully saturated rings. The van der Waals surface area contributed by atoms with Gasteiger partial charge in [-0.1, -0.05) is 41.6 Å². The Kier molecular flexibility index (Phi) is 6.58. The predicted molar refractivity (Wildman–Crippen MR) is 152 cm³/mol. The number of nitrogens with zero attached hydrogens (tertiary/aromatic N) is 7. The molecule has 4 heterocycles. The molecule has 0 saturated carbocycles. The van der Waals surface area contributed by atoms with Gasteiger partial charge < -0.3 is 4.90 Å². The number of pyridine rings is 2. The third-order valence-electron chi connectivity index (χ3n) is 7.13. The first-order valence-corrected chi connectivity index (χ1v) is 14.4. The second-order valence-electron chi connectivity index (χ2n) is 9.88. The van der Waals surface area contributed by atoms with Crippen molar-refractivity contribution in [3.05, 3.63) is 85.2 Å². The molecule has 9 nitrogen and oxygen atoms in total.